The minimum Gasteiger partial charge on any atom is -0.493 e. The SMILES string of the molecule is CCCC[C@]1(CC)CS(=O)(=O)c2cc(OCCCC(=O)O)c(OC)cc2[C@@H](c2ccccc2)N1. The number of carboxylic acid groups (broad SMARTS) is 1. The summed E-state index contributed by atoms with van der Waals surface area (Å²) in [5, 5.41) is 12.6. The molecule has 2 N–H and O–H groups in total. The van der Waals surface area contributed by atoms with Crippen molar-refractivity contribution in [2.24, 2.45) is 0 Å². The van der Waals surface area contributed by atoms with Gasteiger partial charge in [0.2, 0.25) is 0 Å². The zero-order valence-corrected chi connectivity index (χ0v) is 21.0. The first kappa shape index (κ1) is 26.0. The first-order valence-electron chi connectivity index (χ1n) is 11.9. The average Bonchev–Trinajstić information content (AvgIpc) is 2.92. The minimum atomic E-state index is -3.65. The van der Waals surface area contributed by atoms with Crippen molar-refractivity contribution in [2.75, 3.05) is 19.5 Å². The molecular formula is C26H35NO6S. The topological polar surface area (TPSA) is 102 Å². The lowest BCUT2D eigenvalue weighted by Gasteiger charge is -2.36. The summed E-state index contributed by atoms with van der Waals surface area (Å²) in [6.07, 6.45) is 3.63. The molecule has 3 rings (SSSR count). The molecule has 34 heavy (non-hydrogen) atoms. The fourth-order valence-corrected chi connectivity index (χ4v) is 6.68. The number of fused-ring (bicyclic) bond motifs is 1. The highest BCUT2D eigenvalue weighted by Gasteiger charge is 2.42. The molecular weight excluding hydrogens is 454 g/mol. The van der Waals surface area contributed by atoms with Crippen LogP contribution in [0.15, 0.2) is 47.4 Å². The van der Waals surface area contributed by atoms with Crippen molar-refractivity contribution >= 4 is 15.8 Å². The summed E-state index contributed by atoms with van der Waals surface area (Å²) in [6.45, 7) is 4.29. The van der Waals surface area contributed by atoms with Gasteiger partial charge in [0.05, 0.1) is 30.4 Å². The molecule has 0 saturated carbocycles. The third-order valence-corrected chi connectivity index (χ3v) is 8.43. The van der Waals surface area contributed by atoms with Crippen molar-refractivity contribution < 1.29 is 27.8 Å². The number of rotatable bonds is 11. The van der Waals surface area contributed by atoms with E-state index in [1.807, 2.05) is 37.3 Å². The Morgan fingerprint density at radius 2 is 1.88 bits per heavy atom. The number of carbonyl (C=O) groups is 1. The molecule has 0 aromatic heterocycles. The van der Waals surface area contributed by atoms with Crippen molar-refractivity contribution in [3.8, 4) is 11.5 Å². The van der Waals surface area contributed by atoms with Gasteiger partial charge in [0.15, 0.2) is 21.3 Å². The van der Waals surface area contributed by atoms with Gasteiger partial charge in [-0.05, 0) is 36.5 Å². The smallest absolute Gasteiger partial charge is 0.303 e. The average molecular weight is 490 g/mol. The van der Waals surface area contributed by atoms with Crippen molar-refractivity contribution in [3.63, 3.8) is 0 Å². The summed E-state index contributed by atoms with van der Waals surface area (Å²) >= 11 is 0. The lowest BCUT2D eigenvalue weighted by atomic mass is 9.88. The number of hydrogen-bond donors (Lipinski definition) is 2. The molecule has 8 heteroatoms. The summed E-state index contributed by atoms with van der Waals surface area (Å²) in [5.41, 5.74) is 1.05. The third kappa shape index (κ3) is 5.91. The van der Waals surface area contributed by atoms with Crippen LogP contribution >= 0.6 is 0 Å². The summed E-state index contributed by atoms with van der Waals surface area (Å²) in [7, 11) is -2.14. The van der Waals surface area contributed by atoms with Gasteiger partial charge >= 0.3 is 5.97 Å². The monoisotopic (exact) mass is 489 g/mol. The van der Waals surface area contributed by atoms with E-state index in [1.54, 1.807) is 12.1 Å². The number of ether oxygens (including phenoxy) is 2. The normalized spacial score (nSPS) is 21.3. The molecule has 2 atom stereocenters. The predicted octanol–water partition coefficient (Wildman–Crippen LogP) is 4.74. The van der Waals surface area contributed by atoms with E-state index in [0.717, 1.165) is 24.8 Å². The van der Waals surface area contributed by atoms with Crippen LogP contribution in [-0.4, -0.2) is 44.5 Å². The molecule has 0 amide bonds. The van der Waals surface area contributed by atoms with Crippen LogP contribution < -0.4 is 14.8 Å². The van der Waals surface area contributed by atoms with Crippen LogP contribution in [0.5, 0.6) is 11.5 Å². The van der Waals surface area contributed by atoms with Crippen LogP contribution in [0.4, 0.5) is 0 Å². The number of nitrogens with one attached hydrogen (secondary N) is 1. The van der Waals surface area contributed by atoms with E-state index in [2.05, 4.69) is 12.2 Å². The van der Waals surface area contributed by atoms with Gasteiger partial charge < -0.3 is 14.6 Å². The van der Waals surface area contributed by atoms with Gasteiger partial charge in [-0.25, -0.2) is 8.42 Å². The van der Waals surface area contributed by atoms with Crippen LogP contribution in [0.3, 0.4) is 0 Å². The number of benzene rings is 2. The molecule has 0 bridgehead atoms. The Kier molecular flexibility index (Phi) is 8.60. The number of aliphatic carboxylic acids is 1. The number of carboxylic acids is 1. The zero-order chi connectivity index (χ0) is 24.8. The highest BCUT2D eigenvalue weighted by molar-refractivity contribution is 7.91. The van der Waals surface area contributed by atoms with E-state index in [4.69, 9.17) is 14.6 Å². The second kappa shape index (κ2) is 11.2. The Hall–Kier alpha value is -2.58. The third-order valence-electron chi connectivity index (χ3n) is 6.47. The lowest BCUT2D eigenvalue weighted by molar-refractivity contribution is -0.137. The molecule has 1 aliphatic heterocycles. The Labute approximate surface area is 202 Å². The summed E-state index contributed by atoms with van der Waals surface area (Å²) in [4.78, 5) is 11.0. The van der Waals surface area contributed by atoms with Crippen molar-refractivity contribution in [2.45, 2.75) is 68.8 Å². The fourth-order valence-electron chi connectivity index (χ4n) is 4.55. The van der Waals surface area contributed by atoms with E-state index in [1.165, 1.54) is 7.11 Å². The Bertz CT molecular complexity index is 1090. The summed E-state index contributed by atoms with van der Waals surface area (Å²) < 4.78 is 38.9. The molecule has 0 aliphatic carbocycles. The Morgan fingerprint density at radius 1 is 1.15 bits per heavy atom. The molecule has 0 unspecified atom stereocenters. The van der Waals surface area contributed by atoms with Crippen LogP contribution in [0.25, 0.3) is 0 Å². The number of unbranched alkanes of at least 4 members (excludes halogenated alkanes) is 1. The van der Waals surface area contributed by atoms with Crippen LogP contribution in [0.2, 0.25) is 0 Å². The van der Waals surface area contributed by atoms with E-state index < -0.39 is 21.3 Å². The minimum absolute atomic E-state index is 0.00236. The predicted molar refractivity (Wildman–Crippen MR) is 131 cm³/mol. The van der Waals surface area contributed by atoms with Gasteiger partial charge in [0.1, 0.15) is 0 Å². The summed E-state index contributed by atoms with van der Waals surface area (Å²) in [6, 6.07) is 12.8. The van der Waals surface area contributed by atoms with Crippen molar-refractivity contribution in [1.82, 2.24) is 5.32 Å². The second-order valence-electron chi connectivity index (χ2n) is 8.87. The molecule has 2 aromatic rings. The van der Waals surface area contributed by atoms with Crippen LogP contribution in [-0.2, 0) is 14.6 Å². The maximum absolute atomic E-state index is 13.8. The Balaban J connectivity index is 2.13. The van der Waals surface area contributed by atoms with Gasteiger partial charge in [0, 0.05) is 18.0 Å². The van der Waals surface area contributed by atoms with E-state index in [0.29, 0.717) is 29.9 Å². The molecule has 0 radical (unpaired) electrons. The van der Waals surface area contributed by atoms with Gasteiger partial charge in [-0.1, -0.05) is 57.0 Å². The van der Waals surface area contributed by atoms with E-state index in [9.17, 15) is 13.2 Å². The molecule has 1 aliphatic rings. The quantitative estimate of drug-likeness (QED) is 0.439. The maximum Gasteiger partial charge on any atom is 0.303 e. The van der Waals surface area contributed by atoms with Crippen LogP contribution in [0, 0.1) is 0 Å². The Morgan fingerprint density at radius 3 is 2.50 bits per heavy atom. The van der Waals surface area contributed by atoms with Gasteiger partial charge in [-0.3, -0.25) is 10.1 Å². The molecule has 1 heterocycles. The first-order valence-corrected chi connectivity index (χ1v) is 13.5. The first-order chi connectivity index (χ1) is 16.2. The lowest BCUT2D eigenvalue weighted by Crippen LogP contribution is -2.50. The standard InChI is InChI=1S/C26H35NO6S/c1-4-6-14-26(5-2)18-34(30,31)23-17-22(33-15-10-13-24(28)29)21(32-3)16-20(23)25(27-26)19-11-8-7-9-12-19/h7-9,11-12,16-17,25,27H,4-6,10,13-15,18H2,1-3H3,(H,28,29)/t25-,26-/m1/s1. The second-order valence-corrected chi connectivity index (χ2v) is 10.8. The van der Waals surface area contributed by atoms with Crippen molar-refractivity contribution in [1.29, 1.82) is 0 Å². The highest BCUT2D eigenvalue weighted by atomic mass is 32.2. The number of hydrogen-bond acceptors (Lipinski definition) is 6. The van der Waals surface area contributed by atoms with E-state index in [-0.39, 0.29) is 29.7 Å². The highest BCUT2D eigenvalue weighted by Crippen LogP contribution is 2.43. The van der Waals surface area contributed by atoms with Gasteiger partial charge in [-0.15, -0.1) is 0 Å². The number of sulfone groups is 1. The largest absolute Gasteiger partial charge is 0.493 e. The molecule has 7 nitrogen and oxygen atoms in total. The fraction of sp³-hybridized carbons (Fsp3) is 0.500. The zero-order valence-electron chi connectivity index (χ0n) is 20.2. The molecule has 186 valence electrons. The molecule has 0 saturated heterocycles. The maximum atomic E-state index is 13.8. The summed E-state index contributed by atoms with van der Waals surface area (Å²) in [5.74, 6) is -0.179. The molecule has 2 aromatic carbocycles. The molecule has 0 spiro atoms. The van der Waals surface area contributed by atoms with Gasteiger partial charge in [-0.2, -0.15) is 0 Å². The van der Waals surface area contributed by atoms with Crippen LogP contribution in [0.1, 0.15) is 69.5 Å². The van der Waals surface area contributed by atoms with Crippen molar-refractivity contribution in [3.05, 3.63) is 53.6 Å². The molecule has 0 fully saturated rings. The van der Waals surface area contributed by atoms with Gasteiger partial charge in [0.25, 0.3) is 0 Å². The number of methoxy groups -OCH3 is 1. The van der Waals surface area contributed by atoms with E-state index >= 15 is 0 Å².